The number of aromatic nitrogens is 5. The van der Waals surface area contributed by atoms with Gasteiger partial charge >= 0.3 is 0 Å². The lowest BCUT2D eigenvalue weighted by Gasteiger charge is -2.20. The number of anilines is 1. The highest BCUT2D eigenvalue weighted by Crippen LogP contribution is 2.21. The van der Waals surface area contributed by atoms with E-state index in [0.29, 0.717) is 37.1 Å². The van der Waals surface area contributed by atoms with E-state index in [2.05, 4.69) is 44.5 Å². The van der Waals surface area contributed by atoms with E-state index in [-0.39, 0.29) is 5.91 Å². The lowest BCUT2D eigenvalue weighted by Crippen LogP contribution is -2.34. The molecule has 2 N–H and O–H groups in total. The molecule has 0 atom stereocenters. The largest absolute Gasteiger partial charge is 0.368 e. The third-order valence-corrected chi connectivity index (χ3v) is 3.62. The summed E-state index contributed by atoms with van der Waals surface area (Å²) in [4.78, 5) is 25.1. The van der Waals surface area contributed by atoms with Gasteiger partial charge in [0.1, 0.15) is 30.0 Å². The van der Waals surface area contributed by atoms with Crippen LogP contribution in [0.15, 0.2) is 12.7 Å². The van der Waals surface area contributed by atoms with Crippen molar-refractivity contribution in [1.82, 2.24) is 30.0 Å². The molecule has 0 aliphatic carbocycles. The first-order valence-corrected chi connectivity index (χ1v) is 7.87. The molecule has 1 aliphatic rings. The van der Waals surface area contributed by atoms with Crippen LogP contribution in [0.4, 0.5) is 5.82 Å². The standard InChI is InChI=1S/C15H21N7O/c1-10(2)7-12-20-13-11(3-4-18-15(13)23)14(21-12)17-5-6-22-9-16-8-19-22/h8-10H,3-7H2,1-2H3,(H,18,23)(H,17,20,21). The average Bonchev–Trinajstić information content (AvgIpc) is 3.01. The second kappa shape index (κ2) is 6.72. The minimum absolute atomic E-state index is 0.113. The van der Waals surface area contributed by atoms with Gasteiger partial charge in [0.25, 0.3) is 5.91 Å². The summed E-state index contributed by atoms with van der Waals surface area (Å²) in [6.45, 7) is 6.19. The molecule has 0 radical (unpaired) electrons. The normalized spacial score (nSPS) is 13.8. The van der Waals surface area contributed by atoms with E-state index in [1.165, 1.54) is 6.33 Å². The topological polar surface area (TPSA) is 97.6 Å². The molecule has 1 amide bonds. The Hall–Kier alpha value is -2.51. The Morgan fingerprint density at radius 3 is 3.00 bits per heavy atom. The summed E-state index contributed by atoms with van der Waals surface area (Å²) in [5.74, 6) is 1.79. The number of hydrogen-bond acceptors (Lipinski definition) is 6. The number of amides is 1. The number of nitrogens with one attached hydrogen (secondary N) is 2. The van der Waals surface area contributed by atoms with Gasteiger partial charge in [-0.2, -0.15) is 5.10 Å². The molecule has 8 nitrogen and oxygen atoms in total. The fraction of sp³-hybridized carbons (Fsp3) is 0.533. The smallest absolute Gasteiger partial charge is 0.270 e. The van der Waals surface area contributed by atoms with Gasteiger partial charge in [0.2, 0.25) is 0 Å². The number of carbonyl (C=O) groups is 1. The summed E-state index contributed by atoms with van der Waals surface area (Å²) in [7, 11) is 0. The van der Waals surface area contributed by atoms with Gasteiger partial charge in [0, 0.05) is 25.1 Å². The number of hydrogen-bond donors (Lipinski definition) is 2. The molecule has 8 heteroatoms. The van der Waals surface area contributed by atoms with E-state index in [4.69, 9.17) is 0 Å². The summed E-state index contributed by atoms with van der Waals surface area (Å²) in [5.41, 5.74) is 1.41. The highest BCUT2D eigenvalue weighted by molar-refractivity contribution is 5.95. The van der Waals surface area contributed by atoms with Crippen LogP contribution < -0.4 is 10.6 Å². The molecule has 0 bridgehead atoms. The first kappa shape index (κ1) is 15.4. The maximum atomic E-state index is 12.1. The van der Waals surface area contributed by atoms with Gasteiger partial charge < -0.3 is 10.6 Å². The van der Waals surface area contributed by atoms with E-state index in [0.717, 1.165) is 24.2 Å². The summed E-state index contributed by atoms with van der Waals surface area (Å²) < 4.78 is 1.75. The Kier molecular flexibility index (Phi) is 4.50. The fourth-order valence-corrected chi connectivity index (χ4v) is 2.58. The quantitative estimate of drug-likeness (QED) is 0.813. The van der Waals surface area contributed by atoms with Crippen molar-refractivity contribution in [3.8, 4) is 0 Å². The molecular formula is C15H21N7O. The van der Waals surface area contributed by atoms with Crippen molar-refractivity contribution >= 4 is 11.7 Å². The monoisotopic (exact) mass is 315 g/mol. The van der Waals surface area contributed by atoms with Crippen molar-refractivity contribution in [2.75, 3.05) is 18.4 Å². The van der Waals surface area contributed by atoms with Crippen LogP contribution in [0.25, 0.3) is 0 Å². The molecule has 3 rings (SSSR count). The zero-order valence-electron chi connectivity index (χ0n) is 13.4. The maximum absolute atomic E-state index is 12.1. The highest BCUT2D eigenvalue weighted by Gasteiger charge is 2.23. The van der Waals surface area contributed by atoms with Gasteiger partial charge in [0.15, 0.2) is 0 Å². The van der Waals surface area contributed by atoms with Gasteiger partial charge in [0.05, 0.1) is 6.54 Å². The predicted molar refractivity (Wildman–Crippen MR) is 85.1 cm³/mol. The maximum Gasteiger partial charge on any atom is 0.270 e. The lowest BCUT2D eigenvalue weighted by atomic mass is 10.0. The molecule has 0 aromatic carbocycles. The Morgan fingerprint density at radius 1 is 1.39 bits per heavy atom. The van der Waals surface area contributed by atoms with Crippen molar-refractivity contribution in [3.05, 3.63) is 29.7 Å². The van der Waals surface area contributed by atoms with Crippen molar-refractivity contribution in [1.29, 1.82) is 0 Å². The zero-order chi connectivity index (χ0) is 16.2. The highest BCUT2D eigenvalue weighted by atomic mass is 16.1. The molecular weight excluding hydrogens is 294 g/mol. The molecule has 23 heavy (non-hydrogen) atoms. The SMILES string of the molecule is CC(C)Cc1nc(NCCn2cncn2)c2c(n1)C(=O)NCC2. The van der Waals surface area contributed by atoms with E-state index >= 15 is 0 Å². The summed E-state index contributed by atoms with van der Waals surface area (Å²) in [6.07, 6.45) is 4.68. The van der Waals surface area contributed by atoms with Gasteiger partial charge in [-0.05, 0) is 12.3 Å². The van der Waals surface area contributed by atoms with E-state index < -0.39 is 0 Å². The first-order chi connectivity index (χ1) is 11.1. The number of rotatable bonds is 6. The third kappa shape index (κ3) is 3.64. The molecule has 3 heterocycles. The summed E-state index contributed by atoms with van der Waals surface area (Å²) in [5, 5.41) is 10.2. The minimum atomic E-state index is -0.113. The Balaban J connectivity index is 1.81. The molecule has 2 aromatic heterocycles. The van der Waals surface area contributed by atoms with Crippen LogP contribution in [-0.4, -0.2) is 43.7 Å². The van der Waals surface area contributed by atoms with E-state index in [1.807, 2.05) is 0 Å². The van der Waals surface area contributed by atoms with Crippen molar-refractivity contribution < 1.29 is 4.79 Å². The first-order valence-electron chi connectivity index (χ1n) is 7.87. The number of nitrogens with zero attached hydrogens (tertiary/aromatic N) is 5. The van der Waals surface area contributed by atoms with Crippen LogP contribution in [-0.2, 0) is 19.4 Å². The molecule has 0 spiro atoms. The lowest BCUT2D eigenvalue weighted by molar-refractivity contribution is 0.0940. The van der Waals surface area contributed by atoms with Gasteiger partial charge in [-0.3, -0.25) is 9.48 Å². The van der Waals surface area contributed by atoms with Crippen LogP contribution in [0.2, 0.25) is 0 Å². The minimum Gasteiger partial charge on any atom is -0.368 e. The van der Waals surface area contributed by atoms with Crippen LogP contribution in [0.1, 0.15) is 35.7 Å². The molecule has 0 unspecified atom stereocenters. The second-order valence-electron chi connectivity index (χ2n) is 6.00. The zero-order valence-corrected chi connectivity index (χ0v) is 13.4. The Morgan fingerprint density at radius 2 is 2.26 bits per heavy atom. The number of fused-ring (bicyclic) bond motifs is 1. The van der Waals surface area contributed by atoms with Gasteiger partial charge in [-0.25, -0.2) is 15.0 Å². The number of carbonyl (C=O) groups excluding carboxylic acids is 1. The molecule has 0 fully saturated rings. The molecule has 122 valence electrons. The third-order valence-electron chi connectivity index (χ3n) is 3.62. The van der Waals surface area contributed by atoms with Gasteiger partial charge in [-0.15, -0.1) is 0 Å². The van der Waals surface area contributed by atoms with E-state index in [9.17, 15) is 4.79 Å². The van der Waals surface area contributed by atoms with Gasteiger partial charge in [-0.1, -0.05) is 13.8 Å². The second-order valence-corrected chi connectivity index (χ2v) is 6.00. The van der Waals surface area contributed by atoms with Crippen LogP contribution in [0.3, 0.4) is 0 Å². The van der Waals surface area contributed by atoms with E-state index in [1.54, 1.807) is 11.0 Å². The molecule has 1 aliphatic heterocycles. The molecule has 2 aromatic rings. The van der Waals surface area contributed by atoms with Crippen LogP contribution in [0, 0.1) is 5.92 Å². The summed E-state index contributed by atoms with van der Waals surface area (Å²) in [6, 6.07) is 0. The molecule has 0 saturated heterocycles. The van der Waals surface area contributed by atoms with Crippen LogP contribution in [0.5, 0.6) is 0 Å². The van der Waals surface area contributed by atoms with Crippen LogP contribution >= 0.6 is 0 Å². The fourth-order valence-electron chi connectivity index (χ4n) is 2.58. The molecule has 0 saturated carbocycles. The van der Waals surface area contributed by atoms with Crippen molar-refractivity contribution in [2.45, 2.75) is 33.2 Å². The Labute approximate surface area is 134 Å². The summed E-state index contributed by atoms with van der Waals surface area (Å²) >= 11 is 0. The Bertz CT molecular complexity index is 681. The van der Waals surface area contributed by atoms with Crippen molar-refractivity contribution in [3.63, 3.8) is 0 Å². The average molecular weight is 315 g/mol. The predicted octanol–water partition coefficient (Wildman–Crippen LogP) is 0.665. The van der Waals surface area contributed by atoms with Crippen molar-refractivity contribution in [2.24, 2.45) is 5.92 Å².